The van der Waals surface area contributed by atoms with Gasteiger partial charge in [-0.1, -0.05) is 0 Å². The molecule has 0 atom stereocenters. The van der Waals surface area contributed by atoms with Crippen molar-refractivity contribution in [3.63, 3.8) is 0 Å². The van der Waals surface area contributed by atoms with Gasteiger partial charge in [0.15, 0.2) is 0 Å². The molecule has 0 saturated carbocycles. The zero-order valence-corrected chi connectivity index (χ0v) is 18.6. The Morgan fingerprint density at radius 3 is 2.57 bits per heavy atom. The van der Waals surface area contributed by atoms with Crippen LogP contribution >= 0.6 is 11.3 Å². The smallest absolute Gasteiger partial charge is 0.228 e. The SMILES string of the molecule is CNc1nc(C2CCN(C(C)=O)CC2)nc2c1CN(C(=O)Cc1csc(C)n1)CC2. The van der Waals surface area contributed by atoms with Gasteiger partial charge in [-0.25, -0.2) is 15.0 Å². The van der Waals surface area contributed by atoms with Crippen molar-refractivity contribution in [2.45, 2.75) is 52.0 Å². The number of anilines is 1. The van der Waals surface area contributed by atoms with Crippen molar-refractivity contribution in [3.8, 4) is 0 Å². The number of fused-ring (bicyclic) bond motifs is 1. The van der Waals surface area contributed by atoms with E-state index in [2.05, 4.69) is 10.3 Å². The van der Waals surface area contributed by atoms with Crippen LogP contribution in [0.15, 0.2) is 5.38 Å². The second-order valence-corrected chi connectivity index (χ2v) is 9.05. The first-order valence-corrected chi connectivity index (χ1v) is 11.3. The number of nitrogens with zero attached hydrogens (tertiary/aromatic N) is 5. The summed E-state index contributed by atoms with van der Waals surface area (Å²) in [4.78, 5) is 42.3. The van der Waals surface area contributed by atoms with Crippen LogP contribution in [0, 0.1) is 6.92 Å². The number of carbonyl (C=O) groups is 2. The average molecular weight is 429 g/mol. The number of thiazole rings is 1. The van der Waals surface area contributed by atoms with Crippen LogP contribution in [0.1, 0.15) is 53.5 Å². The van der Waals surface area contributed by atoms with Crippen LogP contribution in [-0.2, 0) is 29.0 Å². The highest BCUT2D eigenvalue weighted by molar-refractivity contribution is 7.09. The summed E-state index contributed by atoms with van der Waals surface area (Å²) in [5.74, 6) is 2.16. The predicted octanol–water partition coefficient (Wildman–Crippen LogP) is 2.14. The van der Waals surface area contributed by atoms with Crippen molar-refractivity contribution in [1.82, 2.24) is 24.8 Å². The van der Waals surface area contributed by atoms with Crippen LogP contribution in [0.25, 0.3) is 0 Å². The largest absolute Gasteiger partial charge is 0.373 e. The molecule has 4 rings (SSSR count). The molecule has 2 aliphatic heterocycles. The minimum Gasteiger partial charge on any atom is -0.373 e. The molecule has 8 nitrogen and oxygen atoms in total. The Morgan fingerprint density at radius 2 is 1.93 bits per heavy atom. The van der Waals surface area contributed by atoms with Gasteiger partial charge >= 0.3 is 0 Å². The Bertz CT molecular complexity index is 934. The molecule has 1 fully saturated rings. The third kappa shape index (κ3) is 4.30. The number of aromatic nitrogens is 3. The fourth-order valence-electron chi connectivity index (χ4n) is 4.24. The lowest BCUT2D eigenvalue weighted by Gasteiger charge is -2.32. The quantitative estimate of drug-likeness (QED) is 0.802. The number of amides is 2. The van der Waals surface area contributed by atoms with Crippen LogP contribution in [-0.4, -0.2) is 63.2 Å². The molecule has 160 valence electrons. The van der Waals surface area contributed by atoms with Crippen molar-refractivity contribution in [1.29, 1.82) is 0 Å². The van der Waals surface area contributed by atoms with Crippen LogP contribution in [0.4, 0.5) is 5.82 Å². The van der Waals surface area contributed by atoms with Crippen molar-refractivity contribution in [3.05, 3.63) is 33.2 Å². The molecular formula is C21H28N6O2S. The number of likely N-dealkylation sites (tertiary alicyclic amines) is 1. The molecule has 2 aromatic rings. The molecule has 0 spiro atoms. The molecule has 30 heavy (non-hydrogen) atoms. The molecular weight excluding hydrogens is 400 g/mol. The number of aryl methyl sites for hydroxylation is 1. The lowest BCUT2D eigenvalue weighted by atomic mass is 9.95. The summed E-state index contributed by atoms with van der Waals surface area (Å²) in [6.45, 7) is 6.28. The van der Waals surface area contributed by atoms with Gasteiger partial charge in [-0.05, 0) is 19.8 Å². The van der Waals surface area contributed by atoms with Crippen LogP contribution < -0.4 is 5.32 Å². The molecule has 2 amide bonds. The third-order valence-electron chi connectivity index (χ3n) is 5.97. The van der Waals surface area contributed by atoms with E-state index in [0.29, 0.717) is 19.5 Å². The zero-order chi connectivity index (χ0) is 21.3. The Hall–Kier alpha value is -2.55. The Balaban J connectivity index is 1.48. The van der Waals surface area contributed by atoms with E-state index in [1.165, 1.54) is 0 Å². The van der Waals surface area contributed by atoms with Crippen molar-refractivity contribution in [2.24, 2.45) is 0 Å². The van der Waals surface area contributed by atoms with E-state index >= 15 is 0 Å². The second-order valence-electron chi connectivity index (χ2n) is 7.99. The Labute approximate surface area is 180 Å². The van der Waals surface area contributed by atoms with Crippen LogP contribution in [0.2, 0.25) is 0 Å². The highest BCUT2D eigenvalue weighted by Gasteiger charge is 2.29. The zero-order valence-electron chi connectivity index (χ0n) is 17.8. The first-order valence-electron chi connectivity index (χ1n) is 10.5. The predicted molar refractivity (Wildman–Crippen MR) is 115 cm³/mol. The lowest BCUT2D eigenvalue weighted by molar-refractivity contribution is -0.131. The first-order chi connectivity index (χ1) is 14.4. The van der Waals surface area contributed by atoms with E-state index in [4.69, 9.17) is 9.97 Å². The summed E-state index contributed by atoms with van der Waals surface area (Å²) in [5, 5.41) is 6.15. The minimum absolute atomic E-state index is 0.0914. The second kappa shape index (κ2) is 8.67. The van der Waals surface area contributed by atoms with E-state index < -0.39 is 0 Å². The van der Waals surface area contributed by atoms with E-state index in [9.17, 15) is 9.59 Å². The van der Waals surface area contributed by atoms with Crippen molar-refractivity contribution >= 4 is 29.0 Å². The topological polar surface area (TPSA) is 91.3 Å². The molecule has 0 aromatic carbocycles. The fourth-order valence-corrected chi connectivity index (χ4v) is 4.86. The molecule has 9 heteroatoms. The van der Waals surface area contributed by atoms with Gasteiger partial charge in [0.1, 0.15) is 11.6 Å². The first kappa shape index (κ1) is 20.7. The molecule has 0 bridgehead atoms. The Morgan fingerprint density at radius 1 is 1.17 bits per heavy atom. The molecule has 0 unspecified atom stereocenters. The van der Waals surface area contributed by atoms with Gasteiger partial charge in [0.05, 0.1) is 29.4 Å². The third-order valence-corrected chi connectivity index (χ3v) is 6.79. The van der Waals surface area contributed by atoms with Gasteiger partial charge in [0, 0.05) is 56.9 Å². The highest BCUT2D eigenvalue weighted by Crippen LogP contribution is 2.30. The molecule has 0 radical (unpaired) electrons. The standard InChI is InChI=1S/C21H28N6O2S/c1-13-23-16(12-30-13)10-19(29)27-9-6-18-17(11-27)21(22-3)25-20(24-18)15-4-7-26(8-5-15)14(2)28/h12,15H,4-11H2,1-3H3,(H,22,24,25). The molecule has 2 aromatic heterocycles. The summed E-state index contributed by atoms with van der Waals surface area (Å²) in [7, 11) is 1.86. The van der Waals surface area contributed by atoms with Gasteiger partial charge in [0.25, 0.3) is 0 Å². The summed E-state index contributed by atoms with van der Waals surface area (Å²) in [5.41, 5.74) is 2.88. The van der Waals surface area contributed by atoms with E-state index in [1.54, 1.807) is 18.3 Å². The number of rotatable bonds is 4. The van der Waals surface area contributed by atoms with Crippen molar-refractivity contribution in [2.75, 3.05) is 32.0 Å². The molecule has 1 N–H and O–H groups in total. The highest BCUT2D eigenvalue weighted by atomic mass is 32.1. The summed E-state index contributed by atoms with van der Waals surface area (Å²) >= 11 is 1.57. The van der Waals surface area contributed by atoms with Gasteiger partial charge in [-0.2, -0.15) is 0 Å². The van der Waals surface area contributed by atoms with Crippen LogP contribution in [0.5, 0.6) is 0 Å². The van der Waals surface area contributed by atoms with E-state index in [0.717, 1.165) is 66.0 Å². The van der Waals surface area contributed by atoms with Crippen LogP contribution in [0.3, 0.4) is 0 Å². The van der Waals surface area contributed by atoms with E-state index in [-0.39, 0.29) is 17.7 Å². The summed E-state index contributed by atoms with van der Waals surface area (Å²) in [6, 6.07) is 0. The summed E-state index contributed by atoms with van der Waals surface area (Å²) < 4.78 is 0. The average Bonchev–Trinajstić information content (AvgIpc) is 3.17. The number of carbonyl (C=O) groups excluding carboxylic acids is 2. The molecule has 4 heterocycles. The number of hydrogen-bond acceptors (Lipinski definition) is 7. The normalized spacial score (nSPS) is 17.0. The molecule has 1 saturated heterocycles. The van der Waals surface area contributed by atoms with Gasteiger partial charge < -0.3 is 15.1 Å². The maximum Gasteiger partial charge on any atom is 0.228 e. The minimum atomic E-state index is 0.0914. The Kier molecular flexibility index (Phi) is 5.99. The van der Waals surface area contributed by atoms with Crippen molar-refractivity contribution < 1.29 is 9.59 Å². The van der Waals surface area contributed by atoms with E-state index in [1.807, 2.05) is 29.2 Å². The van der Waals surface area contributed by atoms with Gasteiger partial charge in [-0.15, -0.1) is 11.3 Å². The number of hydrogen-bond donors (Lipinski definition) is 1. The van der Waals surface area contributed by atoms with Gasteiger partial charge in [-0.3, -0.25) is 9.59 Å². The lowest BCUT2D eigenvalue weighted by Crippen LogP contribution is -2.39. The summed E-state index contributed by atoms with van der Waals surface area (Å²) in [6.07, 6.45) is 2.84. The van der Waals surface area contributed by atoms with Gasteiger partial charge in [0.2, 0.25) is 11.8 Å². The number of nitrogens with one attached hydrogen (secondary N) is 1. The monoisotopic (exact) mass is 428 g/mol. The maximum atomic E-state index is 12.8. The maximum absolute atomic E-state index is 12.8. The fraction of sp³-hybridized carbons (Fsp3) is 0.571. The number of piperidine rings is 1. The molecule has 2 aliphatic rings. The molecule has 0 aliphatic carbocycles.